The smallest absolute Gasteiger partial charge is 0.342 e. The molecular weight excluding hydrogens is 294 g/mol. The molecule has 1 unspecified atom stereocenters. The summed E-state index contributed by atoms with van der Waals surface area (Å²) in [7, 11) is 0. The second-order valence-electron chi connectivity index (χ2n) is 6.51. The number of esters is 1. The molecular formula is C18H27NO4. The number of aryl methyl sites for hydroxylation is 2. The SMILES string of the molecule is Cc1oc(C)c(C(=O)OC(C)C(=O)NCC2CCCCC2)c1C. The van der Waals surface area contributed by atoms with Gasteiger partial charge in [0.25, 0.3) is 5.91 Å². The van der Waals surface area contributed by atoms with Gasteiger partial charge in [0.15, 0.2) is 6.10 Å². The van der Waals surface area contributed by atoms with Crippen LogP contribution in [0.4, 0.5) is 0 Å². The highest BCUT2D eigenvalue weighted by Gasteiger charge is 2.25. The summed E-state index contributed by atoms with van der Waals surface area (Å²) in [6, 6.07) is 0. The third-order valence-corrected chi connectivity index (χ3v) is 4.71. The lowest BCUT2D eigenvalue weighted by Crippen LogP contribution is -2.38. The number of carbonyl (C=O) groups excluding carboxylic acids is 2. The number of ether oxygens (including phenoxy) is 1. The number of hydrogen-bond acceptors (Lipinski definition) is 4. The van der Waals surface area contributed by atoms with Crippen molar-refractivity contribution in [2.24, 2.45) is 5.92 Å². The van der Waals surface area contributed by atoms with Crippen molar-refractivity contribution in [3.05, 3.63) is 22.6 Å². The zero-order chi connectivity index (χ0) is 17.0. The van der Waals surface area contributed by atoms with Crippen molar-refractivity contribution in [1.29, 1.82) is 0 Å². The molecule has 5 heteroatoms. The average Bonchev–Trinajstić information content (AvgIpc) is 2.78. The molecule has 0 radical (unpaired) electrons. The summed E-state index contributed by atoms with van der Waals surface area (Å²) in [4.78, 5) is 24.4. The normalized spacial score (nSPS) is 16.9. The van der Waals surface area contributed by atoms with Crippen LogP contribution in [0.2, 0.25) is 0 Å². The van der Waals surface area contributed by atoms with Crippen LogP contribution in [0.3, 0.4) is 0 Å². The van der Waals surface area contributed by atoms with Crippen molar-refractivity contribution in [2.75, 3.05) is 6.54 Å². The molecule has 5 nitrogen and oxygen atoms in total. The van der Waals surface area contributed by atoms with Gasteiger partial charge in [-0.25, -0.2) is 4.79 Å². The lowest BCUT2D eigenvalue weighted by atomic mass is 9.89. The fourth-order valence-corrected chi connectivity index (χ4v) is 3.15. The van der Waals surface area contributed by atoms with Gasteiger partial charge in [0.1, 0.15) is 17.1 Å². The summed E-state index contributed by atoms with van der Waals surface area (Å²) < 4.78 is 10.7. The molecule has 1 aliphatic carbocycles. The second kappa shape index (κ2) is 7.66. The molecule has 1 N–H and O–H groups in total. The number of carbonyl (C=O) groups is 2. The van der Waals surface area contributed by atoms with Crippen molar-refractivity contribution < 1.29 is 18.7 Å². The van der Waals surface area contributed by atoms with Gasteiger partial charge in [0.2, 0.25) is 0 Å². The molecule has 1 aromatic heterocycles. The van der Waals surface area contributed by atoms with E-state index in [0.29, 0.717) is 29.5 Å². The predicted molar refractivity (Wildman–Crippen MR) is 87.4 cm³/mol. The molecule has 23 heavy (non-hydrogen) atoms. The largest absolute Gasteiger partial charge is 0.465 e. The summed E-state index contributed by atoms with van der Waals surface area (Å²) in [5.41, 5.74) is 1.19. The van der Waals surface area contributed by atoms with Crippen molar-refractivity contribution in [2.45, 2.75) is 65.9 Å². The molecule has 0 aliphatic heterocycles. The maximum atomic E-state index is 12.3. The first kappa shape index (κ1) is 17.6. The van der Waals surface area contributed by atoms with E-state index in [1.807, 2.05) is 6.92 Å². The van der Waals surface area contributed by atoms with Gasteiger partial charge in [-0.3, -0.25) is 4.79 Å². The van der Waals surface area contributed by atoms with E-state index in [4.69, 9.17) is 9.15 Å². The molecule has 1 saturated carbocycles. The summed E-state index contributed by atoms with van der Waals surface area (Å²) >= 11 is 0. The van der Waals surface area contributed by atoms with Crippen LogP contribution in [0.25, 0.3) is 0 Å². The van der Waals surface area contributed by atoms with E-state index in [9.17, 15) is 9.59 Å². The van der Waals surface area contributed by atoms with Crippen LogP contribution in [0.1, 0.15) is 66.5 Å². The molecule has 1 heterocycles. The lowest BCUT2D eigenvalue weighted by molar-refractivity contribution is -0.129. The van der Waals surface area contributed by atoms with E-state index >= 15 is 0 Å². The zero-order valence-corrected chi connectivity index (χ0v) is 14.5. The van der Waals surface area contributed by atoms with Crippen molar-refractivity contribution >= 4 is 11.9 Å². The van der Waals surface area contributed by atoms with Crippen LogP contribution >= 0.6 is 0 Å². The summed E-state index contributed by atoms with van der Waals surface area (Å²) in [5, 5.41) is 2.90. The van der Waals surface area contributed by atoms with Gasteiger partial charge in [0, 0.05) is 12.1 Å². The van der Waals surface area contributed by atoms with Gasteiger partial charge in [-0.15, -0.1) is 0 Å². The topological polar surface area (TPSA) is 68.5 Å². The standard InChI is InChI=1S/C18H27NO4/c1-11-12(2)22-13(3)16(11)18(21)23-14(4)17(20)19-10-15-8-6-5-7-9-15/h14-15H,5-10H2,1-4H3,(H,19,20). The van der Waals surface area contributed by atoms with E-state index in [1.165, 1.54) is 32.1 Å². The number of amides is 1. The Morgan fingerprint density at radius 2 is 1.83 bits per heavy atom. The molecule has 1 amide bonds. The van der Waals surface area contributed by atoms with E-state index in [2.05, 4.69) is 5.32 Å². The molecule has 0 bridgehead atoms. The van der Waals surface area contributed by atoms with E-state index in [1.54, 1.807) is 20.8 Å². The monoisotopic (exact) mass is 321 g/mol. The molecule has 0 spiro atoms. The van der Waals surface area contributed by atoms with Crippen molar-refractivity contribution in [1.82, 2.24) is 5.32 Å². The lowest BCUT2D eigenvalue weighted by Gasteiger charge is -2.22. The van der Waals surface area contributed by atoms with Crippen LogP contribution in [0.15, 0.2) is 4.42 Å². The highest BCUT2D eigenvalue weighted by Crippen LogP contribution is 2.23. The highest BCUT2D eigenvalue weighted by atomic mass is 16.5. The Morgan fingerprint density at radius 3 is 2.39 bits per heavy atom. The third-order valence-electron chi connectivity index (χ3n) is 4.71. The van der Waals surface area contributed by atoms with E-state index < -0.39 is 12.1 Å². The van der Waals surface area contributed by atoms with E-state index in [0.717, 1.165) is 5.56 Å². The fourth-order valence-electron chi connectivity index (χ4n) is 3.15. The Balaban J connectivity index is 1.86. The zero-order valence-electron chi connectivity index (χ0n) is 14.5. The van der Waals surface area contributed by atoms with E-state index in [-0.39, 0.29) is 5.91 Å². The van der Waals surface area contributed by atoms with Gasteiger partial charge < -0.3 is 14.5 Å². The fraction of sp³-hybridized carbons (Fsp3) is 0.667. The Morgan fingerprint density at radius 1 is 1.17 bits per heavy atom. The molecule has 1 aliphatic rings. The Bertz CT molecular complexity index is 570. The summed E-state index contributed by atoms with van der Waals surface area (Å²) in [6.45, 7) is 7.62. The molecule has 2 rings (SSSR count). The first-order chi connectivity index (χ1) is 10.9. The number of furan rings is 1. The average molecular weight is 321 g/mol. The summed E-state index contributed by atoms with van der Waals surface area (Å²) in [6.07, 6.45) is 5.30. The van der Waals surface area contributed by atoms with Gasteiger partial charge in [-0.05, 0) is 46.5 Å². The molecule has 1 fully saturated rings. The Labute approximate surface area is 137 Å². The number of hydrogen-bond donors (Lipinski definition) is 1. The molecule has 0 aromatic carbocycles. The third kappa shape index (κ3) is 4.36. The van der Waals surface area contributed by atoms with Gasteiger partial charge in [-0.2, -0.15) is 0 Å². The quantitative estimate of drug-likeness (QED) is 0.843. The van der Waals surface area contributed by atoms with Gasteiger partial charge >= 0.3 is 5.97 Å². The van der Waals surface area contributed by atoms with Crippen LogP contribution in [-0.4, -0.2) is 24.5 Å². The predicted octanol–water partition coefficient (Wildman–Crippen LogP) is 3.45. The number of nitrogens with one attached hydrogen (secondary N) is 1. The molecule has 128 valence electrons. The van der Waals surface area contributed by atoms with Gasteiger partial charge in [-0.1, -0.05) is 19.3 Å². The Kier molecular flexibility index (Phi) is 5.85. The maximum absolute atomic E-state index is 12.3. The second-order valence-corrected chi connectivity index (χ2v) is 6.51. The first-order valence-corrected chi connectivity index (χ1v) is 8.45. The molecule has 1 atom stereocenters. The van der Waals surface area contributed by atoms with Crippen molar-refractivity contribution in [3.8, 4) is 0 Å². The molecule has 0 saturated heterocycles. The highest BCUT2D eigenvalue weighted by molar-refractivity contribution is 5.94. The minimum absolute atomic E-state index is 0.237. The van der Waals surface area contributed by atoms with Crippen LogP contribution in [0, 0.1) is 26.7 Å². The minimum atomic E-state index is -0.805. The summed E-state index contributed by atoms with van der Waals surface area (Å²) in [5.74, 6) is 1.04. The maximum Gasteiger partial charge on any atom is 0.342 e. The van der Waals surface area contributed by atoms with Crippen molar-refractivity contribution in [3.63, 3.8) is 0 Å². The van der Waals surface area contributed by atoms with Crippen LogP contribution in [0.5, 0.6) is 0 Å². The molecule has 1 aromatic rings. The Hall–Kier alpha value is -1.78. The number of rotatable bonds is 5. The van der Waals surface area contributed by atoms with Crippen LogP contribution < -0.4 is 5.32 Å². The first-order valence-electron chi connectivity index (χ1n) is 8.45. The minimum Gasteiger partial charge on any atom is -0.465 e. The van der Waals surface area contributed by atoms with Gasteiger partial charge in [0.05, 0.1) is 0 Å². The van der Waals surface area contributed by atoms with Crippen LogP contribution in [-0.2, 0) is 9.53 Å².